The highest BCUT2D eigenvalue weighted by Gasteiger charge is 2.36. The molecule has 2 aliphatic rings. The first kappa shape index (κ1) is 25.5. The van der Waals surface area contributed by atoms with Crippen LogP contribution in [0.1, 0.15) is 42.6 Å². The van der Waals surface area contributed by atoms with Gasteiger partial charge in [0, 0.05) is 36.5 Å². The number of anilines is 1. The maximum absolute atomic E-state index is 13.5. The van der Waals surface area contributed by atoms with Gasteiger partial charge in [-0.15, -0.1) is 0 Å². The molecule has 1 aliphatic carbocycles. The molecule has 1 saturated carbocycles. The first-order chi connectivity index (χ1) is 16.8. The molecular weight excluding hydrogens is 466 g/mol. The third-order valence-corrected chi connectivity index (χ3v) is 7.01. The number of hydrogen-bond donors (Lipinski definition) is 2. The number of para-hydroxylation sites is 1. The first-order valence-electron chi connectivity index (χ1n) is 12.2. The summed E-state index contributed by atoms with van der Waals surface area (Å²) in [5.41, 5.74) is 2.05. The van der Waals surface area contributed by atoms with Gasteiger partial charge in [0.1, 0.15) is 6.10 Å². The molecule has 2 amide bonds. The molecule has 3 atom stereocenters. The molecular formula is C27H34ClN3O4. The van der Waals surface area contributed by atoms with Crippen LogP contribution in [0.5, 0.6) is 5.75 Å². The molecule has 4 rings (SSSR count). The average Bonchev–Trinajstić information content (AvgIpc) is 3.68. The van der Waals surface area contributed by atoms with E-state index in [0.717, 1.165) is 18.4 Å². The molecule has 0 spiro atoms. The number of benzene rings is 2. The van der Waals surface area contributed by atoms with Gasteiger partial charge in [-0.2, -0.15) is 0 Å². The molecule has 0 radical (unpaired) electrons. The number of likely N-dealkylation sites (N-methyl/N-ethyl adjacent to an activating group) is 1. The molecule has 1 heterocycles. The van der Waals surface area contributed by atoms with Crippen molar-refractivity contribution in [2.45, 2.75) is 45.4 Å². The number of hydrogen-bond acceptors (Lipinski definition) is 5. The largest absolute Gasteiger partial charge is 0.486 e. The summed E-state index contributed by atoms with van der Waals surface area (Å²) in [5, 5.41) is 13.5. The fourth-order valence-corrected chi connectivity index (χ4v) is 4.54. The minimum Gasteiger partial charge on any atom is -0.486 e. The minimum atomic E-state index is -0.340. The van der Waals surface area contributed by atoms with E-state index in [9.17, 15) is 14.7 Å². The van der Waals surface area contributed by atoms with E-state index in [1.54, 1.807) is 23.1 Å². The Bertz CT molecular complexity index is 1060. The highest BCUT2D eigenvalue weighted by atomic mass is 35.5. The number of carbonyl (C=O) groups excluding carboxylic acids is 2. The van der Waals surface area contributed by atoms with E-state index in [1.807, 2.05) is 38.2 Å². The zero-order valence-electron chi connectivity index (χ0n) is 20.5. The maximum Gasteiger partial charge on any atom is 0.258 e. The quantitative estimate of drug-likeness (QED) is 0.573. The van der Waals surface area contributed by atoms with Gasteiger partial charge in [0.25, 0.3) is 5.91 Å². The van der Waals surface area contributed by atoms with Gasteiger partial charge in [-0.25, -0.2) is 0 Å². The first-order valence-corrected chi connectivity index (χ1v) is 12.6. The lowest BCUT2D eigenvalue weighted by Crippen LogP contribution is -2.49. The van der Waals surface area contributed by atoms with Crippen LogP contribution in [0.15, 0.2) is 42.5 Å². The number of nitrogens with zero attached hydrogens (tertiary/aromatic N) is 2. The fraction of sp³-hybridized carbons (Fsp3) is 0.481. The van der Waals surface area contributed by atoms with Gasteiger partial charge >= 0.3 is 0 Å². The molecule has 2 aromatic carbocycles. The van der Waals surface area contributed by atoms with Crippen molar-refractivity contribution in [3.8, 4) is 5.75 Å². The Morgan fingerprint density at radius 2 is 1.97 bits per heavy atom. The van der Waals surface area contributed by atoms with Crippen LogP contribution in [0.2, 0.25) is 5.02 Å². The van der Waals surface area contributed by atoms with Crippen molar-refractivity contribution >= 4 is 29.1 Å². The lowest BCUT2D eigenvalue weighted by atomic mass is 9.98. The second-order valence-corrected chi connectivity index (χ2v) is 10.3. The van der Waals surface area contributed by atoms with Crippen LogP contribution in [-0.4, -0.2) is 65.6 Å². The molecule has 0 saturated heterocycles. The van der Waals surface area contributed by atoms with Gasteiger partial charge < -0.3 is 20.1 Å². The van der Waals surface area contributed by atoms with E-state index in [0.29, 0.717) is 41.7 Å². The molecule has 8 heteroatoms. The van der Waals surface area contributed by atoms with Gasteiger partial charge in [-0.1, -0.05) is 36.7 Å². The third kappa shape index (κ3) is 6.15. The summed E-state index contributed by atoms with van der Waals surface area (Å²) < 4.78 is 6.55. The predicted octanol–water partition coefficient (Wildman–Crippen LogP) is 4.04. The standard InChI is InChI=1S/C27H34ClN3O4/c1-17-13-31(18(2)16-32)27(34)22-5-4-6-23(29-26(33)20-9-10-20)25(22)35-24(17)15-30(3)14-19-7-11-21(28)12-8-19/h4-8,11-12,17-18,20,24,32H,9-10,13-16H2,1-3H3,(H,29,33)/t17-,18+,24-/m0/s1. The van der Waals surface area contributed by atoms with E-state index in [-0.39, 0.29) is 42.4 Å². The number of ether oxygens (including phenoxy) is 1. The van der Waals surface area contributed by atoms with Crippen LogP contribution in [0.4, 0.5) is 5.69 Å². The summed E-state index contributed by atoms with van der Waals surface area (Å²) in [6.45, 7) is 5.55. The van der Waals surface area contributed by atoms with E-state index in [4.69, 9.17) is 16.3 Å². The van der Waals surface area contributed by atoms with Gasteiger partial charge in [0.05, 0.1) is 23.9 Å². The fourth-order valence-electron chi connectivity index (χ4n) is 4.41. The molecule has 0 unspecified atom stereocenters. The zero-order chi connectivity index (χ0) is 25.1. The number of nitrogens with one attached hydrogen (secondary N) is 1. The number of carbonyl (C=O) groups is 2. The Balaban J connectivity index is 1.63. The van der Waals surface area contributed by atoms with Gasteiger partial charge in [0.2, 0.25) is 5.91 Å². The predicted molar refractivity (Wildman–Crippen MR) is 137 cm³/mol. The molecule has 2 N–H and O–H groups in total. The smallest absolute Gasteiger partial charge is 0.258 e. The normalized spacial score (nSPS) is 21.1. The number of amides is 2. The SMILES string of the molecule is C[C@H](CO)N1C[C@H](C)[C@H](CN(C)Cc2ccc(Cl)cc2)Oc2c(NC(=O)C3CC3)cccc2C1=O. The van der Waals surface area contributed by atoms with Gasteiger partial charge in [-0.3, -0.25) is 14.5 Å². The summed E-state index contributed by atoms with van der Waals surface area (Å²) in [4.78, 5) is 30.0. The monoisotopic (exact) mass is 499 g/mol. The Kier molecular flexibility index (Phi) is 7.99. The van der Waals surface area contributed by atoms with Crippen molar-refractivity contribution in [2.75, 3.05) is 32.1 Å². The maximum atomic E-state index is 13.5. The summed E-state index contributed by atoms with van der Waals surface area (Å²) in [6, 6.07) is 12.7. The molecule has 7 nitrogen and oxygen atoms in total. The van der Waals surface area contributed by atoms with E-state index < -0.39 is 0 Å². The third-order valence-electron chi connectivity index (χ3n) is 6.75. The van der Waals surface area contributed by atoms with Crippen molar-refractivity contribution < 1.29 is 19.4 Å². The number of aliphatic hydroxyl groups excluding tert-OH is 1. The number of halogens is 1. The molecule has 0 aromatic heterocycles. The molecule has 1 fully saturated rings. The zero-order valence-corrected chi connectivity index (χ0v) is 21.3. The van der Waals surface area contributed by atoms with Crippen molar-refractivity contribution in [2.24, 2.45) is 11.8 Å². The van der Waals surface area contributed by atoms with Crippen LogP contribution < -0.4 is 10.1 Å². The number of rotatable bonds is 8. The highest BCUT2D eigenvalue weighted by Crippen LogP contribution is 2.37. The van der Waals surface area contributed by atoms with Crippen molar-refractivity contribution in [3.05, 3.63) is 58.6 Å². The summed E-state index contributed by atoms with van der Waals surface area (Å²) >= 11 is 6.03. The molecule has 0 bridgehead atoms. The Morgan fingerprint density at radius 3 is 2.63 bits per heavy atom. The van der Waals surface area contributed by atoms with Crippen LogP contribution in [0.25, 0.3) is 0 Å². The highest BCUT2D eigenvalue weighted by molar-refractivity contribution is 6.30. The molecule has 188 valence electrons. The van der Waals surface area contributed by atoms with E-state index >= 15 is 0 Å². The van der Waals surface area contributed by atoms with Crippen molar-refractivity contribution in [3.63, 3.8) is 0 Å². The number of aliphatic hydroxyl groups is 1. The molecule has 2 aromatic rings. The van der Waals surface area contributed by atoms with Crippen molar-refractivity contribution in [1.82, 2.24) is 9.80 Å². The van der Waals surface area contributed by atoms with Crippen LogP contribution in [0, 0.1) is 11.8 Å². The summed E-state index contributed by atoms with van der Waals surface area (Å²) in [6.07, 6.45) is 1.53. The minimum absolute atomic E-state index is 0.0130. The summed E-state index contributed by atoms with van der Waals surface area (Å²) in [5.74, 6) is 0.172. The Morgan fingerprint density at radius 1 is 1.26 bits per heavy atom. The van der Waals surface area contributed by atoms with E-state index in [1.165, 1.54) is 0 Å². The average molecular weight is 500 g/mol. The lowest BCUT2D eigenvalue weighted by Gasteiger charge is -2.38. The summed E-state index contributed by atoms with van der Waals surface area (Å²) in [7, 11) is 2.03. The van der Waals surface area contributed by atoms with E-state index in [2.05, 4.69) is 17.1 Å². The second-order valence-electron chi connectivity index (χ2n) is 9.89. The van der Waals surface area contributed by atoms with Crippen LogP contribution in [-0.2, 0) is 11.3 Å². The van der Waals surface area contributed by atoms with Crippen molar-refractivity contribution in [1.29, 1.82) is 0 Å². The van der Waals surface area contributed by atoms with Crippen LogP contribution in [0.3, 0.4) is 0 Å². The number of fused-ring (bicyclic) bond motifs is 1. The Labute approximate surface area is 212 Å². The topological polar surface area (TPSA) is 82.1 Å². The molecule has 1 aliphatic heterocycles. The van der Waals surface area contributed by atoms with Gasteiger partial charge in [0.15, 0.2) is 5.75 Å². The Hall–Kier alpha value is -2.61. The van der Waals surface area contributed by atoms with Gasteiger partial charge in [-0.05, 0) is 56.6 Å². The second kappa shape index (κ2) is 11.0. The van der Waals surface area contributed by atoms with Crippen LogP contribution >= 0.6 is 11.6 Å². The lowest BCUT2D eigenvalue weighted by molar-refractivity contribution is -0.117. The molecule has 35 heavy (non-hydrogen) atoms.